The van der Waals surface area contributed by atoms with Gasteiger partial charge < -0.3 is 9.13 Å². The van der Waals surface area contributed by atoms with Gasteiger partial charge in [0.25, 0.3) is 0 Å². The summed E-state index contributed by atoms with van der Waals surface area (Å²) in [5.41, 5.74) is 12.6. The predicted molar refractivity (Wildman–Crippen MR) is 192 cm³/mol. The highest BCUT2D eigenvalue weighted by atomic mass is 15.0. The first-order chi connectivity index (χ1) is 22.3. The number of rotatable bonds is 4. The highest BCUT2D eigenvalue weighted by Crippen LogP contribution is 2.48. The molecule has 1 aliphatic rings. The Bertz CT molecular complexity index is 2360. The molecule has 214 valence electrons. The van der Waals surface area contributed by atoms with Crippen LogP contribution < -0.4 is 0 Å². The van der Waals surface area contributed by atoms with Crippen molar-refractivity contribution in [1.82, 2.24) is 9.13 Å². The largest absolute Gasteiger partial charge is 0.309 e. The van der Waals surface area contributed by atoms with Crippen molar-refractivity contribution in [2.75, 3.05) is 0 Å². The van der Waals surface area contributed by atoms with Crippen LogP contribution in [0.2, 0.25) is 0 Å². The van der Waals surface area contributed by atoms with Gasteiger partial charge in [-0.15, -0.1) is 0 Å². The maximum Gasteiger partial charge on any atom is 0.0578 e. The van der Waals surface area contributed by atoms with E-state index in [2.05, 4.69) is 174 Å². The van der Waals surface area contributed by atoms with Crippen LogP contribution in [0, 0.1) is 5.92 Å². The Labute approximate surface area is 262 Å². The molecule has 0 saturated heterocycles. The summed E-state index contributed by atoms with van der Waals surface area (Å²) in [6, 6.07) is 55.3. The van der Waals surface area contributed by atoms with Gasteiger partial charge in [-0.3, -0.25) is 0 Å². The van der Waals surface area contributed by atoms with E-state index in [0.717, 1.165) is 6.42 Å². The van der Waals surface area contributed by atoms with Crippen molar-refractivity contribution >= 4 is 60.5 Å². The van der Waals surface area contributed by atoms with Crippen molar-refractivity contribution in [2.45, 2.75) is 13.3 Å². The zero-order valence-corrected chi connectivity index (χ0v) is 25.2. The summed E-state index contributed by atoms with van der Waals surface area (Å²) in [4.78, 5) is 0. The molecule has 2 heteroatoms. The average Bonchev–Trinajstić information content (AvgIpc) is 3.61. The summed E-state index contributed by atoms with van der Waals surface area (Å²) in [5, 5.41) is 5.11. The van der Waals surface area contributed by atoms with Crippen LogP contribution in [0.15, 0.2) is 158 Å². The van der Waals surface area contributed by atoms with Gasteiger partial charge in [0, 0.05) is 32.7 Å². The fourth-order valence-electron chi connectivity index (χ4n) is 7.65. The van der Waals surface area contributed by atoms with Crippen molar-refractivity contribution in [2.24, 2.45) is 5.92 Å². The summed E-state index contributed by atoms with van der Waals surface area (Å²) in [5.74, 6) is 0.353. The second-order valence-electron chi connectivity index (χ2n) is 12.1. The third-order valence-electron chi connectivity index (χ3n) is 9.58. The van der Waals surface area contributed by atoms with Gasteiger partial charge >= 0.3 is 0 Å². The molecule has 0 bridgehead atoms. The number of aromatic nitrogens is 2. The minimum Gasteiger partial charge on any atom is -0.309 e. The average molecular weight is 577 g/mol. The Hall–Kier alpha value is -5.60. The quantitative estimate of drug-likeness (QED) is 0.197. The van der Waals surface area contributed by atoms with E-state index in [9.17, 15) is 0 Å². The number of hydrogen-bond acceptors (Lipinski definition) is 0. The molecule has 9 rings (SSSR count). The van der Waals surface area contributed by atoms with Gasteiger partial charge in [-0.2, -0.15) is 0 Å². The summed E-state index contributed by atoms with van der Waals surface area (Å²) >= 11 is 0. The smallest absolute Gasteiger partial charge is 0.0578 e. The summed E-state index contributed by atoms with van der Waals surface area (Å²) in [6.07, 6.45) is 3.46. The first-order valence-corrected chi connectivity index (χ1v) is 15.9. The molecular formula is C43H32N2. The molecule has 0 amide bonds. The highest BCUT2D eigenvalue weighted by molar-refractivity contribution is 6.19. The Morgan fingerprint density at radius 3 is 1.47 bits per heavy atom. The molecule has 0 N–H and O–H groups in total. The molecule has 2 nitrogen and oxygen atoms in total. The number of allylic oxidation sites excluding steroid dienone is 4. The van der Waals surface area contributed by atoms with E-state index >= 15 is 0 Å². The molecular weight excluding hydrogens is 544 g/mol. The molecule has 0 fully saturated rings. The minimum absolute atomic E-state index is 0.353. The van der Waals surface area contributed by atoms with Crippen molar-refractivity contribution < 1.29 is 0 Å². The Morgan fingerprint density at radius 1 is 0.467 bits per heavy atom. The maximum absolute atomic E-state index is 2.54. The lowest BCUT2D eigenvalue weighted by Gasteiger charge is -2.30. The molecule has 0 aliphatic heterocycles. The van der Waals surface area contributed by atoms with Gasteiger partial charge in [0.05, 0.1) is 33.5 Å². The molecule has 0 saturated carbocycles. The van der Waals surface area contributed by atoms with E-state index in [1.807, 2.05) is 0 Å². The Kier molecular flexibility index (Phi) is 5.89. The molecule has 0 radical (unpaired) electrons. The Morgan fingerprint density at radius 2 is 0.911 bits per heavy atom. The minimum atomic E-state index is 0.353. The number of fused-ring (bicyclic) bond motifs is 6. The Balaban J connectivity index is 1.41. The molecule has 45 heavy (non-hydrogen) atoms. The number of hydrogen-bond donors (Lipinski definition) is 0. The van der Waals surface area contributed by atoms with E-state index in [1.54, 1.807) is 0 Å². The van der Waals surface area contributed by atoms with Gasteiger partial charge in [-0.25, -0.2) is 0 Å². The van der Waals surface area contributed by atoms with Crippen LogP contribution >= 0.6 is 0 Å². The van der Waals surface area contributed by atoms with E-state index in [1.165, 1.54) is 77.3 Å². The molecule has 1 atom stereocenters. The van der Waals surface area contributed by atoms with Crippen molar-refractivity contribution in [3.63, 3.8) is 0 Å². The van der Waals surface area contributed by atoms with Crippen LogP contribution in [0.1, 0.15) is 24.5 Å². The first-order valence-electron chi connectivity index (χ1n) is 15.9. The topological polar surface area (TPSA) is 9.86 Å². The zero-order chi connectivity index (χ0) is 29.9. The molecule has 1 aliphatic carbocycles. The normalized spacial score (nSPS) is 15.4. The number of para-hydroxylation sites is 5. The fraction of sp³-hybridized carbons (Fsp3) is 0.0698. The highest BCUT2D eigenvalue weighted by Gasteiger charge is 2.29. The summed E-state index contributed by atoms with van der Waals surface area (Å²) < 4.78 is 5.00. The second kappa shape index (κ2) is 10.2. The van der Waals surface area contributed by atoms with Gasteiger partial charge in [0.15, 0.2) is 0 Å². The molecule has 1 unspecified atom stereocenters. The number of nitrogens with zero attached hydrogens (tertiary/aromatic N) is 2. The van der Waals surface area contributed by atoms with Gasteiger partial charge in [0.2, 0.25) is 0 Å². The van der Waals surface area contributed by atoms with Crippen molar-refractivity contribution in [3.05, 3.63) is 169 Å². The molecule has 2 aromatic heterocycles. The second-order valence-corrected chi connectivity index (χ2v) is 12.1. The SMILES string of the molecule is CC1CC=C(c2ccccc2-n2c3ccccc3c3ccccc32)C(n2c3ccccc3c3ccccc32)=C1c1ccccc1. The van der Waals surface area contributed by atoms with Crippen molar-refractivity contribution in [1.29, 1.82) is 0 Å². The predicted octanol–water partition coefficient (Wildman–Crippen LogP) is 11.4. The van der Waals surface area contributed by atoms with E-state index < -0.39 is 0 Å². The summed E-state index contributed by atoms with van der Waals surface area (Å²) in [6.45, 7) is 2.38. The first kappa shape index (κ1) is 25.9. The molecule has 8 aromatic rings. The van der Waals surface area contributed by atoms with Crippen LogP contribution in [-0.4, -0.2) is 9.13 Å². The monoisotopic (exact) mass is 576 g/mol. The lowest BCUT2D eigenvalue weighted by Crippen LogP contribution is -2.14. The molecule has 2 heterocycles. The number of benzene rings is 6. The van der Waals surface area contributed by atoms with E-state index in [4.69, 9.17) is 0 Å². The van der Waals surface area contributed by atoms with Gasteiger partial charge in [-0.05, 0) is 53.8 Å². The van der Waals surface area contributed by atoms with E-state index in [0.29, 0.717) is 5.92 Å². The van der Waals surface area contributed by atoms with Crippen LogP contribution in [0.4, 0.5) is 0 Å². The van der Waals surface area contributed by atoms with Crippen LogP contribution in [-0.2, 0) is 0 Å². The fourth-order valence-corrected chi connectivity index (χ4v) is 7.65. The van der Waals surface area contributed by atoms with Gasteiger partial charge in [-0.1, -0.05) is 134 Å². The van der Waals surface area contributed by atoms with Crippen LogP contribution in [0.25, 0.3) is 66.1 Å². The third-order valence-corrected chi connectivity index (χ3v) is 9.58. The standard InChI is InChI=1S/C43H32N2/c1-29-27-28-36(35-21-9-12-24-39(35)44-37-22-10-5-17-31(37)32-18-6-11-23-38(32)44)43(42(29)30-15-3-2-4-16-30)45-40-25-13-7-19-33(40)34-20-8-14-26-41(34)45/h2-26,28-29H,27H2,1H3. The van der Waals surface area contributed by atoms with Crippen LogP contribution in [0.5, 0.6) is 0 Å². The van der Waals surface area contributed by atoms with E-state index in [-0.39, 0.29) is 0 Å². The summed E-state index contributed by atoms with van der Waals surface area (Å²) in [7, 11) is 0. The van der Waals surface area contributed by atoms with Crippen molar-refractivity contribution in [3.8, 4) is 5.69 Å². The lowest BCUT2D eigenvalue weighted by molar-refractivity contribution is 0.759. The van der Waals surface area contributed by atoms with Gasteiger partial charge in [0.1, 0.15) is 0 Å². The zero-order valence-electron chi connectivity index (χ0n) is 25.2. The molecule has 0 spiro atoms. The lowest BCUT2D eigenvalue weighted by atomic mass is 9.80. The van der Waals surface area contributed by atoms with Crippen LogP contribution in [0.3, 0.4) is 0 Å². The molecule has 6 aromatic carbocycles. The third kappa shape index (κ3) is 3.89. The maximum atomic E-state index is 2.54.